The van der Waals surface area contributed by atoms with Crippen LogP contribution in [0.3, 0.4) is 0 Å². The van der Waals surface area contributed by atoms with Crippen LogP contribution in [0, 0.1) is 5.82 Å². The molecule has 1 aliphatic heterocycles. The minimum atomic E-state index is -0.377. The quantitative estimate of drug-likeness (QED) is 0.410. The standard InChI is InChI=1S/C27H27FN6O2/c1-36-18-25-22(26(35)31-20-12-14-33(17-20)16-19-7-3-2-4-8-19)15-30-34(25)27-29-13-11-24(32-27)21-9-5-6-10-23(21)28/h2-11,13,15,20H,12,14,16-18H2,1H3,(H,31,35)/t20-/m1/s1. The Hall–Kier alpha value is -3.95. The molecule has 36 heavy (non-hydrogen) atoms. The molecular weight excluding hydrogens is 459 g/mol. The van der Waals surface area contributed by atoms with E-state index >= 15 is 0 Å². The Labute approximate surface area is 208 Å². The number of nitrogens with zero attached hydrogens (tertiary/aromatic N) is 5. The predicted molar refractivity (Wildman–Crippen MR) is 133 cm³/mol. The van der Waals surface area contributed by atoms with Crippen LogP contribution in [0.15, 0.2) is 73.1 Å². The molecule has 1 fully saturated rings. The largest absolute Gasteiger partial charge is 0.378 e. The zero-order valence-corrected chi connectivity index (χ0v) is 20.0. The molecule has 1 amide bonds. The molecule has 0 aliphatic carbocycles. The first-order valence-electron chi connectivity index (χ1n) is 11.8. The summed E-state index contributed by atoms with van der Waals surface area (Å²) in [6.45, 7) is 2.69. The maximum atomic E-state index is 14.3. The van der Waals surface area contributed by atoms with Crippen LogP contribution in [0.1, 0.15) is 28.0 Å². The number of nitrogens with one attached hydrogen (secondary N) is 1. The Balaban J connectivity index is 1.33. The summed E-state index contributed by atoms with van der Waals surface area (Å²) in [6.07, 6.45) is 3.92. The van der Waals surface area contributed by atoms with Gasteiger partial charge in [0.25, 0.3) is 11.9 Å². The summed E-state index contributed by atoms with van der Waals surface area (Å²) in [6, 6.07) is 18.4. The topological polar surface area (TPSA) is 85.2 Å². The lowest BCUT2D eigenvalue weighted by molar-refractivity contribution is 0.0932. The number of hydrogen-bond donors (Lipinski definition) is 1. The molecular formula is C27H27FN6O2. The second-order valence-corrected chi connectivity index (χ2v) is 8.75. The van der Waals surface area contributed by atoms with E-state index in [1.807, 2.05) is 18.2 Å². The summed E-state index contributed by atoms with van der Waals surface area (Å²) in [4.78, 5) is 24.3. The van der Waals surface area contributed by atoms with Crippen molar-refractivity contribution in [1.29, 1.82) is 0 Å². The minimum Gasteiger partial charge on any atom is -0.378 e. The number of likely N-dealkylation sites (tertiary alicyclic amines) is 1. The molecule has 2 aromatic heterocycles. The maximum absolute atomic E-state index is 14.3. The number of benzene rings is 2. The van der Waals surface area contributed by atoms with Gasteiger partial charge in [-0.05, 0) is 30.2 Å². The molecule has 184 valence electrons. The van der Waals surface area contributed by atoms with Crippen molar-refractivity contribution in [1.82, 2.24) is 30.0 Å². The first kappa shape index (κ1) is 23.8. The zero-order chi connectivity index (χ0) is 24.9. The van der Waals surface area contributed by atoms with Crippen LogP contribution in [0.4, 0.5) is 4.39 Å². The van der Waals surface area contributed by atoms with Gasteiger partial charge in [0.2, 0.25) is 0 Å². The van der Waals surface area contributed by atoms with Crippen molar-refractivity contribution >= 4 is 5.91 Å². The Bertz CT molecular complexity index is 1340. The Kier molecular flexibility index (Phi) is 7.11. The van der Waals surface area contributed by atoms with E-state index in [0.29, 0.717) is 22.5 Å². The van der Waals surface area contributed by atoms with Gasteiger partial charge in [0.15, 0.2) is 0 Å². The van der Waals surface area contributed by atoms with Crippen LogP contribution in [-0.4, -0.2) is 56.8 Å². The number of rotatable bonds is 8. The van der Waals surface area contributed by atoms with Crippen molar-refractivity contribution in [3.05, 3.63) is 95.7 Å². The summed E-state index contributed by atoms with van der Waals surface area (Å²) in [5, 5.41) is 7.51. The number of carbonyl (C=O) groups is 1. The molecule has 0 bridgehead atoms. The molecule has 8 nitrogen and oxygen atoms in total. The first-order valence-corrected chi connectivity index (χ1v) is 11.8. The molecule has 5 rings (SSSR count). The van der Waals surface area contributed by atoms with Crippen LogP contribution < -0.4 is 5.32 Å². The van der Waals surface area contributed by atoms with Crippen molar-refractivity contribution in [3.8, 4) is 17.2 Å². The molecule has 2 aromatic carbocycles. The van der Waals surface area contributed by atoms with Crippen molar-refractivity contribution < 1.29 is 13.9 Å². The Morgan fingerprint density at radius 2 is 1.94 bits per heavy atom. The highest BCUT2D eigenvalue weighted by Gasteiger charge is 2.27. The van der Waals surface area contributed by atoms with E-state index in [4.69, 9.17) is 4.74 Å². The highest BCUT2D eigenvalue weighted by molar-refractivity contribution is 5.95. The number of halogens is 1. The first-order chi connectivity index (χ1) is 17.6. The van der Waals surface area contributed by atoms with Crippen molar-refractivity contribution in [2.45, 2.75) is 25.6 Å². The van der Waals surface area contributed by atoms with Crippen molar-refractivity contribution in [3.63, 3.8) is 0 Å². The van der Waals surface area contributed by atoms with E-state index in [0.717, 1.165) is 26.1 Å². The molecule has 4 aromatic rings. The van der Waals surface area contributed by atoms with Crippen LogP contribution in [0.5, 0.6) is 0 Å². The highest BCUT2D eigenvalue weighted by Crippen LogP contribution is 2.22. The van der Waals surface area contributed by atoms with Gasteiger partial charge in [0.1, 0.15) is 5.82 Å². The molecule has 9 heteroatoms. The molecule has 0 radical (unpaired) electrons. The fourth-order valence-electron chi connectivity index (χ4n) is 4.48. The number of carbonyl (C=O) groups excluding carboxylic acids is 1. The second kappa shape index (κ2) is 10.8. The van der Waals surface area contributed by atoms with Gasteiger partial charge < -0.3 is 10.1 Å². The summed E-state index contributed by atoms with van der Waals surface area (Å²) in [7, 11) is 1.55. The lowest BCUT2D eigenvalue weighted by Gasteiger charge is -2.17. The molecule has 0 unspecified atom stereocenters. The second-order valence-electron chi connectivity index (χ2n) is 8.75. The van der Waals surface area contributed by atoms with E-state index in [-0.39, 0.29) is 30.3 Å². The molecule has 1 atom stereocenters. The van der Waals surface area contributed by atoms with Crippen LogP contribution in [0.25, 0.3) is 17.2 Å². The summed E-state index contributed by atoms with van der Waals surface area (Å²) >= 11 is 0. The molecule has 1 aliphatic rings. The SMILES string of the molecule is COCc1c(C(=O)N[C@@H]2CCN(Cc3ccccc3)C2)cnn1-c1nccc(-c2ccccc2F)n1. The third-order valence-electron chi connectivity index (χ3n) is 6.23. The van der Waals surface area contributed by atoms with Gasteiger partial charge in [-0.25, -0.2) is 14.4 Å². The maximum Gasteiger partial charge on any atom is 0.255 e. The molecule has 1 N–H and O–H groups in total. The summed E-state index contributed by atoms with van der Waals surface area (Å²) < 4.78 is 21.1. The lowest BCUT2D eigenvalue weighted by atomic mass is 10.1. The number of amides is 1. The van der Waals surface area contributed by atoms with E-state index < -0.39 is 0 Å². The third kappa shape index (κ3) is 5.17. The predicted octanol–water partition coefficient (Wildman–Crippen LogP) is 3.62. The molecule has 1 saturated heterocycles. The summed E-state index contributed by atoms with van der Waals surface area (Å²) in [5.74, 6) is -0.362. The van der Waals surface area contributed by atoms with Crippen LogP contribution in [0.2, 0.25) is 0 Å². The van der Waals surface area contributed by atoms with E-state index in [9.17, 15) is 9.18 Å². The zero-order valence-electron chi connectivity index (χ0n) is 20.0. The normalized spacial score (nSPS) is 15.8. The molecule has 0 spiro atoms. The fourth-order valence-corrected chi connectivity index (χ4v) is 4.48. The van der Waals surface area contributed by atoms with Crippen LogP contribution in [-0.2, 0) is 17.9 Å². The van der Waals surface area contributed by atoms with E-state index in [1.165, 1.54) is 22.5 Å². The van der Waals surface area contributed by atoms with Gasteiger partial charge in [-0.2, -0.15) is 9.78 Å². The highest BCUT2D eigenvalue weighted by atomic mass is 19.1. The van der Waals surface area contributed by atoms with Gasteiger partial charge in [0, 0.05) is 44.5 Å². The van der Waals surface area contributed by atoms with Crippen LogP contribution >= 0.6 is 0 Å². The number of ether oxygens (including phenoxy) is 1. The smallest absolute Gasteiger partial charge is 0.255 e. The average Bonchev–Trinajstić information content (AvgIpc) is 3.52. The third-order valence-corrected chi connectivity index (χ3v) is 6.23. The lowest BCUT2D eigenvalue weighted by Crippen LogP contribution is -2.37. The number of aromatic nitrogens is 4. The fraction of sp³-hybridized carbons (Fsp3) is 0.259. The minimum absolute atomic E-state index is 0.0422. The molecule has 0 saturated carbocycles. The van der Waals surface area contributed by atoms with E-state index in [1.54, 1.807) is 37.6 Å². The Morgan fingerprint density at radius 1 is 1.14 bits per heavy atom. The van der Waals surface area contributed by atoms with Gasteiger partial charge in [0.05, 0.1) is 29.8 Å². The average molecular weight is 487 g/mol. The van der Waals surface area contributed by atoms with Crippen molar-refractivity contribution in [2.75, 3.05) is 20.2 Å². The number of methoxy groups -OCH3 is 1. The van der Waals surface area contributed by atoms with E-state index in [2.05, 4.69) is 37.4 Å². The monoisotopic (exact) mass is 486 g/mol. The summed E-state index contributed by atoms with van der Waals surface area (Å²) in [5.41, 5.74) is 2.97. The number of hydrogen-bond acceptors (Lipinski definition) is 6. The van der Waals surface area contributed by atoms with Crippen molar-refractivity contribution in [2.24, 2.45) is 0 Å². The van der Waals surface area contributed by atoms with Gasteiger partial charge >= 0.3 is 0 Å². The van der Waals surface area contributed by atoms with Gasteiger partial charge in [-0.15, -0.1) is 0 Å². The van der Waals surface area contributed by atoms with Gasteiger partial charge in [-0.3, -0.25) is 9.69 Å². The Morgan fingerprint density at radius 3 is 2.75 bits per heavy atom. The molecule has 3 heterocycles. The van der Waals surface area contributed by atoms with Gasteiger partial charge in [-0.1, -0.05) is 42.5 Å².